The van der Waals surface area contributed by atoms with Gasteiger partial charge in [0, 0.05) is 0 Å². The topological polar surface area (TPSA) is 69.9 Å². The van der Waals surface area contributed by atoms with E-state index >= 15 is 0 Å². The number of rotatable bonds is 6. The van der Waals surface area contributed by atoms with Crippen molar-refractivity contribution in [2.24, 2.45) is 4.99 Å². The Morgan fingerprint density at radius 2 is 1.67 bits per heavy atom. The third-order valence-electron chi connectivity index (χ3n) is 5.97. The van der Waals surface area contributed by atoms with E-state index in [1.807, 2.05) is 91.0 Å². The number of aromatic nitrogens is 1. The number of allylic oxidation sites excluding steroid dienone is 1. The molecule has 2 heterocycles. The molecule has 0 aliphatic carbocycles. The number of carbonyl (C=O) groups excluding carboxylic acids is 1. The number of nitrogens with zero attached hydrogens (tertiary/aromatic N) is 2. The van der Waals surface area contributed by atoms with Gasteiger partial charge in [0.25, 0.3) is 5.56 Å². The lowest BCUT2D eigenvalue weighted by Gasteiger charge is -2.24. The Balaban J connectivity index is 1.50. The Kier molecular flexibility index (Phi) is 6.64. The van der Waals surface area contributed by atoms with Crippen molar-refractivity contribution >= 4 is 23.4 Å². The van der Waals surface area contributed by atoms with Crippen molar-refractivity contribution in [1.29, 1.82) is 0 Å². The molecule has 0 unspecified atom stereocenters. The number of hydrogen-bond acceptors (Lipinski definition) is 6. The van der Waals surface area contributed by atoms with Gasteiger partial charge in [0.15, 0.2) is 4.80 Å². The van der Waals surface area contributed by atoms with E-state index in [1.54, 1.807) is 11.5 Å². The summed E-state index contributed by atoms with van der Waals surface area (Å²) >= 11 is 1.30. The first-order valence-corrected chi connectivity index (χ1v) is 12.3. The second kappa shape index (κ2) is 10.2. The maximum Gasteiger partial charge on any atom is 0.338 e. The van der Waals surface area contributed by atoms with Gasteiger partial charge in [-0.2, -0.15) is 0 Å². The zero-order valence-corrected chi connectivity index (χ0v) is 20.7. The number of fused-ring (bicyclic) bond motifs is 1. The van der Waals surface area contributed by atoms with Crippen LogP contribution in [0.5, 0.6) is 5.75 Å². The van der Waals surface area contributed by atoms with Gasteiger partial charge in [0.1, 0.15) is 12.4 Å². The lowest BCUT2D eigenvalue weighted by molar-refractivity contribution is -0.136. The van der Waals surface area contributed by atoms with Gasteiger partial charge in [-0.1, -0.05) is 84.1 Å². The van der Waals surface area contributed by atoms with Crippen LogP contribution in [-0.2, 0) is 16.1 Å². The van der Waals surface area contributed by atoms with E-state index in [9.17, 15) is 9.59 Å². The first-order chi connectivity index (χ1) is 17.5. The van der Waals surface area contributed by atoms with Crippen LogP contribution in [0.25, 0.3) is 6.08 Å². The zero-order chi connectivity index (χ0) is 25.1. The molecule has 36 heavy (non-hydrogen) atoms. The van der Waals surface area contributed by atoms with Crippen molar-refractivity contribution in [3.63, 3.8) is 0 Å². The first-order valence-electron chi connectivity index (χ1n) is 11.5. The predicted molar refractivity (Wildman–Crippen MR) is 139 cm³/mol. The lowest BCUT2D eigenvalue weighted by atomic mass is 9.96. The van der Waals surface area contributed by atoms with Gasteiger partial charge in [0.2, 0.25) is 0 Å². The van der Waals surface area contributed by atoms with Crippen LogP contribution in [0.15, 0.2) is 106 Å². The van der Waals surface area contributed by atoms with Crippen molar-refractivity contribution in [3.8, 4) is 5.75 Å². The van der Waals surface area contributed by atoms with Crippen LogP contribution in [0.3, 0.4) is 0 Å². The Morgan fingerprint density at radius 1 is 1.00 bits per heavy atom. The highest BCUT2D eigenvalue weighted by atomic mass is 32.1. The number of esters is 1. The molecule has 0 radical (unpaired) electrons. The molecule has 7 heteroatoms. The maximum atomic E-state index is 13.6. The van der Waals surface area contributed by atoms with Crippen LogP contribution >= 0.6 is 11.3 Å². The summed E-state index contributed by atoms with van der Waals surface area (Å²) in [7, 11) is 1.34. The molecule has 0 bridgehead atoms. The molecule has 0 spiro atoms. The number of methoxy groups -OCH3 is 1. The third-order valence-corrected chi connectivity index (χ3v) is 6.95. The number of ether oxygens (including phenoxy) is 2. The lowest BCUT2D eigenvalue weighted by Crippen LogP contribution is -2.39. The number of hydrogen-bond donors (Lipinski definition) is 0. The van der Waals surface area contributed by atoms with E-state index in [0.717, 1.165) is 22.4 Å². The van der Waals surface area contributed by atoms with Crippen molar-refractivity contribution in [2.75, 3.05) is 7.11 Å². The second-order valence-corrected chi connectivity index (χ2v) is 9.34. The van der Waals surface area contributed by atoms with Gasteiger partial charge < -0.3 is 9.47 Å². The Morgan fingerprint density at radius 3 is 2.33 bits per heavy atom. The summed E-state index contributed by atoms with van der Waals surface area (Å²) in [6.45, 7) is 2.26. The molecule has 0 fully saturated rings. The van der Waals surface area contributed by atoms with E-state index in [2.05, 4.69) is 4.99 Å². The van der Waals surface area contributed by atoms with Crippen molar-refractivity contribution in [3.05, 3.63) is 133 Å². The zero-order valence-electron chi connectivity index (χ0n) is 19.9. The molecule has 3 aromatic carbocycles. The fraction of sp³-hybridized carbons (Fsp3) is 0.138. The molecule has 0 saturated carbocycles. The highest BCUT2D eigenvalue weighted by Crippen LogP contribution is 2.30. The number of thiazole rings is 1. The smallest absolute Gasteiger partial charge is 0.338 e. The van der Waals surface area contributed by atoms with Crippen LogP contribution in [0.2, 0.25) is 0 Å². The summed E-state index contributed by atoms with van der Waals surface area (Å²) in [5.74, 6) is 0.255. The van der Waals surface area contributed by atoms with Crippen molar-refractivity contribution < 1.29 is 14.3 Å². The Hall–Kier alpha value is -4.23. The number of carbonyl (C=O) groups is 1. The van der Waals surface area contributed by atoms with E-state index in [0.29, 0.717) is 27.2 Å². The number of benzene rings is 3. The molecule has 180 valence electrons. The fourth-order valence-corrected chi connectivity index (χ4v) is 5.24. The van der Waals surface area contributed by atoms with Crippen LogP contribution in [0.4, 0.5) is 0 Å². The van der Waals surface area contributed by atoms with Gasteiger partial charge in [-0.3, -0.25) is 9.36 Å². The van der Waals surface area contributed by atoms with Crippen LogP contribution < -0.4 is 19.6 Å². The molecule has 1 atom stereocenters. The van der Waals surface area contributed by atoms with Gasteiger partial charge in [0.05, 0.1) is 29.0 Å². The second-order valence-electron chi connectivity index (χ2n) is 8.33. The quantitative estimate of drug-likeness (QED) is 0.379. The SMILES string of the molecule is COC(=O)C1=C(C)N=c2s/c(=C\c3ccc(OCc4ccccc4)cc3)c(=O)n2[C@@H]1c1ccccc1. The first kappa shape index (κ1) is 23.5. The normalized spacial score (nSPS) is 15.3. The predicted octanol–water partition coefficient (Wildman–Crippen LogP) is 3.99. The summed E-state index contributed by atoms with van der Waals surface area (Å²) < 4.78 is 13.0. The summed E-state index contributed by atoms with van der Waals surface area (Å²) in [5, 5.41) is 0. The minimum Gasteiger partial charge on any atom is -0.489 e. The average Bonchev–Trinajstić information content (AvgIpc) is 3.22. The third kappa shape index (κ3) is 4.65. The van der Waals surface area contributed by atoms with E-state index in [4.69, 9.17) is 9.47 Å². The van der Waals surface area contributed by atoms with E-state index in [-0.39, 0.29) is 5.56 Å². The van der Waals surface area contributed by atoms with Crippen molar-refractivity contribution in [1.82, 2.24) is 4.57 Å². The van der Waals surface area contributed by atoms with E-state index < -0.39 is 12.0 Å². The summed E-state index contributed by atoms with van der Waals surface area (Å²) in [6.07, 6.45) is 1.84. The van der Waals surface area contributed by atoms with Gasteiger partial charge >= 0.3 is 5.97 Å². The van der Waals surface area contributed by atoms with Gasteiger partial charge in [-0.25, -0.2) is 9.79 Å². The highest BCUT2D eigenvalue weighted by Gasteiger charge is 2.32. The maximum absolute atomic E-state index is 13.6. The molecule has 1 aliphatic rings. The molecule has 0 amide bonds. The Labute approximate surface area is 212 Å². The van der Waals surface area contributed by atoms with Crippen LogP contribution in [0.1, 0.15) is 29.7 Å². The summed E-state index contributed by atoms with van der Waals surface area (Å²) in [6, 6.07) is 26.4. The minimum absolute atomic E-state index is 0.203. The highest BCUT2D eigenvalue weighted by molar-refractivity contribution is 7.07. The van der Waals surface area contributed by atoms with E-state index in [1.165, 1.54) is 18.4 Å². The molecule has 0 saturated heterocycles. The molecule has 0 N–H and O–H groups in total. The summed E-state index contributed by atoms with van der Waals surface area (Å²) in [4.78, 5) is 31.4. The molecule has 5 rings (SSSR count). The van der Waals surface area contributed by atoms with Gasteiger partial charge in [-0.05, 0) is 41.8 Å². The summed E-state index contributed by atoms with van der Waals surface area (Å²) in [5.41, 5.74) is 3.49. The largest absolute Gasteiger partial charge is 0.489 e. The molecular weight excluding hydrogens is 472 g/mol. The standard InChI is InChI=1S/C29H24N2O4S/c1-19-25(28(33)34-2)26(22-11-7-4-8-12-22)31-27(32)24(36-29(31)30-19)17-20-13-15-23(16-14-20)35-18-21-9-5-3-6-10-21/h3-17,26H,18H2,1-2H3/b24-17-/t26-/m1/s1. The fourth-order valence-electron chi connectivity index (χ4n) is 4.20. The van der Waals surface area contributed by atoms with Crippen molar-refractivity contribution in [2.45, 2.75) is 19.6 Å². The molecule has 1 aromatic heterocycles. The Bertz CT molecular complexity index is 1600. The minimum atomic E-state index is -0.606. The monoisotopic (exact) mass is 496 g/mol. The van der Waals surface area contributed by atoms with Crippen LogP contribution in [0, 0.1) is 0 Å². The van der Waals surface area contributed by atoms with Gasteiger partial charge in [-0.15, -0.1) is 0 Å². The molecular formula is C29H24N2O4S. The van der Waals surface area contributed by atoms with Crippen LogP contribution in [-0.4, -0.2) is 17.6 Å². The molecule has 1 aliphatic heterocycles. The molecule has 4 aromatic rings. The average molecular weight is 497 g/mol. The molecule has 6 nitrogen and oxygen atoms in total.